The quantitative estimate of drug-likeness (QED) is 0.759. The van der Waals surface area contributed by atoms with Gasteiger partial charge in [0.05, 0.1) is 0 Å². The second-order valence-electron chi connectivity index (χ2n) is 9.71. The van der Waals surface area contributed by atoms with E-state index < -0.39 is 5.92 Å². The molecule has 5 nitrogen and oxygen atoms in total. The number of piperidine rings is 2. The molecule has 30 heavy (non-hydrogen) atoms. The van der Waals surface area contributed by atoms with Crippen molar-refractivity contribution in [1.29, 1.82) is 0 Å². The molecule has 2 aromatic rings. The van der Waals surface area contributed by atoms with Crippen LogP contribution in [0.5, 0.6) is 0 Å². The molecular weight excluding hydrogens is 386 g/mol. The standard InChI is InChI=1S/C23H32F2N4O/c1-22(2,3)29-10-6-17(7-11-29)26-18-4-5-19-16(14-18)15-20(27-19)21(30)28-12-8-23(24,25)9-13-28/h4-5,14-15,17,26-27H,6-13H2,1-3H3. The summed E-state index contributed by atoms with van der Waals surface area (Å²) in [6.07, 6.45) is 1.68. The van der Waals surface area contributed by atoms with Crippen molar-refractivity contribution in [3.8, 4) is 0 Å². The first kappa shape index (κ1) is 21.1. The molecule has 2 aliphatic heterocycles. The number of fused-ring (bicyclic) bond motifs is 1. The molecule has 1 aromatic heterocycles. The number of benzene rings is 1. The van der Waals surface area contributed by atoms with Crippen molar-refractivity contribution in [3.63, 3.8) is 0 Å². The lowest BCUT2D eigenvalue weighted by atomic mass is 9.98. The number of hydrogen-bond donors (Lipinski definition) is 2. The molecule has 0 aliphatic carbocycles. The number of hydrogen-bond acceptors (Lipinski definition) is 3. The number of carbonyl (C=O) groups excluding carboxylic acids is 1. The van der Waals surface area contributed by atoms with Gasteiger partial charge < -0.3 is 15.2 Å². The van der Waals surface area contributed by atoms with Crippen LogP contribution in [0.25, 0.3) is 10.9 Å². The molecule has 0 bridgehead atoms. The van der Waals surface area contributed by atoms with Crippen molar-refractivity contribution in [2.24, 2.45) is 0 Å². The molecule has 0 atom stereocenters. The van der Waals surface area contributed by atoms with Gasteiger partial charge in [-0.15, -0.1) is 0 Å². The molecule has 164 valence electrons. The van der Waals surface area contributed by atoms with Crippen molar-refractivity contribution < 1.29 is 13.6 Å². The van der Waals surface area contributed by atoms with Gasteiger partial charge in [0.2, 0.25) is 0 Å². The average Bonchev–Trinajstić information content (AvgIpc) is 3.10. The molecule has 4 rings (SSSR count). The van der Waals surface area contributed by atoms with E-state index in [-0.39, 0.29) is 37.4 Å². The lowest BCUT2D eigenvalue weighted by Gasteiger charge is -2.41. The Morgan fingerprint density at radius 3 is 2.40 bits per heavy atom. The Balaban J connectivity index is 1.40. The van der Waals surface area contributed by atoms with Crippen LogP contribution in [0, 0.1) is 0 Å². The highest BCUT2D eigenvalue weighted by Crippen LogP contribution is 2.29. The highest BCUT2D eigenvalue weighted by Gasteiger charge is 2.36. The summed E-state index contributed by atoms with van der Waals surface area (Å²) in [5, 5.41) is 4.59. The predicted molar refractivity (Wildman–Crippen MR) is 116 cm³/mol. The summed E-state index contributed by atoms with van der Waals surface area (Å²) >= 11 is 0. The number of halogens is 2. The molecule has 0 unspecified atom stereocenters. The summed E-state index contributed by atoms with van der Waals surface area (Å²) < 4.78 is 26.7. The number of alkyl halides is 2. The molecule has 2 fully saturated rings. The normalized spacial score (nSPS) is 21.2. The van der Waals surface area contributed by atoms with Gasteiger partial charge in [-0.05, 0) is 57.9 Å². The van der Waals surface area contributed by atoms with E-state index in [1.54, 1.807) is 0 Å². The van der Waals surface area contributed by atoms with Gasteiger partial charge in [0.15, 0.2) is 0 Å². The fourth-order valence-electron chi connectivity index (χ4n) is 4.48. The van der Waals surface area contributed by atoms with E-state index in [0.29, 0.717) is 11.7 Å². The van der Waals surface area contributed by atoms with Crippen LogP contribution in [0.1, 0.15) is 56.9 Å². The second kappa shape index (κ2) is 7.84. The third kappa shape index (κ3) is 4.61. The van der Waals surface area contributed by atoms with Crippen LogP contribution in [0.15, 0.2) is 24.3 Å². The van der Waals surface area contributed by atoms with E-state index in [4.69, 9.17) is 0 Å². The zero-order valence-electron chi connectivity index (χ0n) is 18.1. The topological polar surface area (TPSA) is 51.4 Å². The maximum absolute atomic E-state index is 13.4. The summed E-state index contributed by atoms with van der Waals surface area (Å²) in [6.45, 7) is 9.14. The smallest absolute Gasteiger partial charge is 0.270 e. The number of H-pyrrole nitrogens is 1. The highest BCUT2D eigenvalue weighted by atomic mass is 19.3. The average molecular weight is 419 g/mol. The van der Waals surface area contributed by atoms with Crippen LogP contribution in [0.2, 0.25) is 0 Å². The molecule has 0 saturated carbocycles. The van der Waals surface area contributed by atoms with Crippen molar-refractivity contribution >= 4 is 22.5 Å². The zero-order chi connectivity index (χ0) is 21.5. The van der Waals surface area contributed by atoms with Crippen LogP contribution >= 0.6 is 0 Å². The molecular formula is C23H32F2N4O. The van der Waals surface area contributed by atoms with Crippen LogP contribution in [0.3, 0.4) is 0 Å². The molecule has 2 aliphatic rings. The van der Waals surface area contributed by atoms with Gasteiger partial charge >= 0.3 is 0 Å². The maximum Gasteiger partial charge on any atom is 0.270 e. The SMILES string of the molecule is CC(C)(C)N1CCC(Nc2ccc3[nH]c(C(=O)N4CCC(F)(F)CC4)cc3c2)CC1. The first-order chi connectivity index (χ1) is 14.1. The minimum absolute atomic E-state index is 0.0985. The lowest BCUT2D eigenvalue weighted by molar-refractivity contribution is -0.0495. The van der Waals surface area contributed by atoms with Crippen molar-refractivity contribution in [3.05, 3.63) is 30.0 Å². The van der Waals surface area contributed by atoms with Gasteiger partial charge in [-0.3, -0.25) is 9.69 Å². The number of anilines is 1. The van der Waals surface area contributed by atoms with Gasteiger partial charge in [-0.2, -0.15) is 0 Å². The first-order valence-electron chi connectivity index (χ1n) is 10.9. The number of likely N-dealkylation sites (tertiary alicyclic amines) is 2. The van der Waals surface area contributed by atoms with Crippen LogP contribution in [-0.2, 0) is 0 Å². The van der Waals surface area contributed by atoms with Gasteiger partial charge in [-0.1, -0.05) is 0 Å². The summed E-state index contributed by atoms with van der Waals surface area (Å²) in [6, 6.07) is 8.34. The van der Waals surface area contributed by atoms with Crippen molar-refractivity contribution in [2.75, 3.05) is 31.5 Å². The molecule has 1 aromatic carbocycles. The van der Waals surface area contributed by atoms with E-state index in [2.05, 4.69) is 42.0 Å². The van der Waals surface area contributed by atoms with E-state index >= 15 is 0 Å². The molecule has 2 N–H and O–H groups in total. The summed E-state index contributed by atoms with van der Waals surface area (Å²) in [4.78, 5) is 19.9. The lowest BCUT2D eigenvalue weighted by Crippen LogP contribution is -2.48. The molecule has 2 saturated heterocycles. The molecule has 0 spiro atoms. The maximum atomic E-state index is 13.4. The Labute approximate surface area is 176 Å². The van der Waals surface area contributed by atoms with E-state index in [1.165, 1.54) is 4.90 Å². The minimum atomic E-state index is -2.65. The van der Waals surface area contributed by atoms with E-state index in [0.717, 1.165) is 42.5 Å². The fraction of sp³-hybridized carbons (Fsp3) is 0.609. The summed E-state index contributed by atoms with van der Waals surface area (Å²) in [7, 11) is 0. The number of nitrogens with zero attached hydrogens (tertiary/aromatic N) is 2. The van der Waals surface area contributed by atoms with E-state index in [1.807, 2.05) is 18.2 Å². The third-order valence-electron chi connectivity index (χ3n) is 6.45. The number of aromatic nitrogens is 1. The van der Waals surface area contributed by atoms with Gasteiger partial charge in [-0.25, -0.2) is 8.78 Å². The Morgan fingerprint density at radius 2 is 1.77 bits per heavy atom. The summed E-state index contributed by atoms with van der Waals surface area (Å²) in [5.74, 6) is -2.85. The number of aromatic amines is 1. The monoisotopic (exact) mass is 418 g/mol. The molecule has 1 amide bonds. The second-order valence-corrected chi connectivity index (χ2v) is 9.71. The molecule has 7 heteroatoms. The number of carbonyl (C=O) groups is 1. The van der Waals surface area contributed by atoms with E-state index in [9.17, 15) is 13.6 Å². The highest BCUT2D eigenvalue weighted by molar-refractivity contribution is 5.98. The van der Waals surface area contributed by atoms with Crippen LogP contribution in [-0.4, -0.2) is 64.4 Å². The largest absolute Gasteiger partial charge is 0.382 e. The van der Waals surface area contributed by atoms with Crippen molar-refractivity contribution in [1.82, 2.24) is 14.8 Å². The van der Waals surface area contributed by atoms with Crippen LogP contribution in [0.4, 0.5) is 14.5 Å². The third-order valence-corrected chi connectivity index (χ3v) is 6.45. The number of rotatable bonds is 3. The van der Waals surface area contributed by atoms with Gasteiger partial charge in [0, 0.05) is 67.2 Å². The Morgan fingerprint density at radius 1 is 1.10 bits per heavy atom. The minimum Gasteiger partial charge on any atom is -0.382 e. The fourth-order valence-corrected chi connectivity index (χ4v) is 4.48. The van der Waals surface area contributed by atoms with Gasteiger partial charge in [0.1, 0.15) is 5.69 Å². The number of nitrogens with one attached hydrogen (secondary N) is 2. The van der Waals surface area contributed by atoms with Gasteiger partial charge in [0.25, 0.3) is 11.8 Å². The molecule has 0 radical (unpaired) electrons. The Kier molecular flexibility index (Phi) is 5.51. The zero-order valence-corrected chi connectivity index (χ0v) is 18.1. The Bertz CT molecular complexity index is 900. The number of amides is 1. The summed E-state index contributed by atoms with van der Waals surface area (Å²) in [5.41, 5.74) is 2.61. The first-order valence-corrected chi connectivity index (χ1v) is 10.9. The Hall–Kier alpha value is -2.15. The molecule has 3 heterocycles. The van der Waals surface area contributed by atoms with Crippen LogP contribution < -0.4 is 5.32 Å². The predicted octanol–water partition coefficient (Wildman–Crippen LogP) is 4.71. The van der Waals surface area contributed by atoms with Crippen molar-refractivity contribution in [2.45, 2.75) is 64.0 Å².